The van der Waals surface area contributed by atoms with Crippen LogP contribution in [0.15, 0.2) is 35.4 Å². The third-order valence-electron chi connectivity index (χ3n) is 2.71. The van der Waals surface area contributed by atoms with E-state index in [0.29, 0.717) is 17.0 Å². The first-order chi connectivity index (χ1) is 8.41. The van der Waals surface area contributed by atoms with Crippen LogP contribution >= 0.6 is 19.2 Å². The van der Waals surface area contributed by atoms with Gasteiger partial charge in [0.25, 0.3) is 0 Å². The van der Waals surface area contributed by atoms with E-state index in [2.05, 4.69) is 0 Å². The predicted molar refractivity (Wildman–Crippen MR) is 73.6 cm³/mol. The Morgan fingerprint density at radius 1 is 1.33 bits per heavy atom. The summed E-state index contributed by atoms with van der Waals surface area (Å²) in [5.41, 5.74) is 0.00195. The van der Waals surface area contributed by atoms with Gasteiger partial charge in [0.15, 0.2) is 0 Å². The zero-order chi connectivity index (χ0) is 13.4. The smallest absolute Gasteiger partial charge is 0.305 e. The molecule has 0 aliphatic carbocycles. The summed E-state index contributed by atoms with van der Waals surface area (Å²) in [4.78, 5) is 0. The van der Waals surface area contributed by atoms with Gasteiger partial charge in [-0.3, -0.25) is 9.09 Å². The summed E-state index contributed by atoms with van der Waals surface area (Å²) < 4.78 is 23.7. The number of rotatable bonds is 3. The molecule has 98 valence electrons. The molecule has 18 heavy (non-hydrogen) atoms. The van der Waals surface area contributed by atoms with E-state index in [1.54, 1.807) is 20.8 Å². The van der Waals surface area contributed by atoms with Crippen LogP contribution in [0, 0.1) is 0 Å². The van der Waals surface area contributed by atoms with E-state index in [9.17, 15) is 4.57 Å². The van der Waals surface area contributed by atoms with Crippen LogP contribution in [0.2, 0.25) is 0 Å². The number of halogens is 1. The van der Waals surface area contributed by atoms with Crippen molar-refractivity contribution >= 4 is 24.5 Å². The fourth-order valence-corrected chi connectivity index (χ4v) is 4.73. The summed E-state index contributed by atoms with van der Waals surface area (Å²) in [7, 11) is -3.33. The lowest BCUT2D eigenvalue weighted by atomic mass is 10.1. The molecule has 0 amide bonds. The zero-order valence-corrected chi connectivity index (χ0v) is 12.3. The Morgan fingerprint density at radius 3 is 2.50 bits per heavy atom. The Bertz CT molecular complexity index is 522. The molecule has 3 nitrogen and oxygen atoms in total. The highest BCUT2D eigenvalue weighted by molar-refractivity contribution is 7.65. The SMILES string of the molecule is CCOP1(=O)OC(C)(C)C(Cl)=C1c1ccccc1. The van der Waals surface area contributed by atoms with E-state index in [1.165, 1.54) is 0 Å². The molecule has 1 aromatic carbocycles. The van der Waals surface area contributed by atoms with Crippen LogP contribution < -0.4 is 0 Å². The fraction of sp³-hybridized carbons (Fsp3) is 0.385. The molecule has 5 heteroatoms. The first-order valence-electron chi connectivity index (χ1n) is 5.82. The maximum atomic E-state index is 12.8. The number of hydrogen-bond acceptors (Lipinski definition) is 3. The van der Waals surface area contributed by atoms with E-state index in [4.69, 9.17) is 20.6 Å². The van der Waals surface area contributed by atoms with Crippen molar-refractivity contribution < 1.29 is 13.6 Å². The summed E-state index contributed by atoms with van der Waals surface area (Å²) in [6.07, 6.45) is 0. The normalized spacial score (nSPS) is 26.7. The molecule has 2 rings (SSSR count). The Morgan fingerprint density at radius 2 is 1.94 bits per heavy atom. The highest BCUT2D eigenvalue weighted by atomic mass is 35.5. The first-order valence-corrected chi connectivity index (χ1v) is 7.74. The Hall–Kier alpha value is -0.600. The van der Waals surface area contributed by atoms with Crippen LogP contribution in [0.3, 0.4) is 0 Å². The van der Waals surface area contributed by atoms with Gasteiger partial charge in [-0.05, 0) is 26.3 Å². The molecule has 1 aromatic rings. The second-order valence-corrected chi connectivity index (χ2v) is 6.81. The minimum atomic E-state index is -3.33. The zero-order valence-electron chi connectivity index (χ0n) is 10.6. The lowest BCUT2D eigenvalue weighted by molar-refractivity contribution is 0.133. The van der Waals surface area contributed by atoms with Crippen LogP contribution in [-0.2, 0) is 13.6 Å². The van der Waals surface area contributed by atoms with E-state index in [0.717, 1.165) is 5.56 Å². The molecule has 0 N–H and O–H groups in total. The van der Waals surface area contributed by atoms with Crippen LogP contribution in [0.1, 0.15) is 26.3 Å². The van der Waals surface area contributed by atoms with Crippen molar-refractivity contribution in [1.82, 2.24) is 0 Å². The van der Waals surface area contributed by atoms with Gasteiger partial charge in [-0.15, -0.1) is 0 Å². The molecule has 0 radical (unpaired) electrons. The fourth-order valence-electron chi connectivity index (χ4n) is 1.93. The number of benzene rings is 1. The van der Waals surface area contributed by atoms with E-state index in [1.807, 2.05) is 30.3 Å². The van der Waals surface area contributed by atoms with Gasteiger partial charge in [0.2, 0.25) is 0 Å². The monoisotopic (exact) mass is 286 g/mol. The molecule has 1 aliphatic rings. The third-order valence-corrected chi connectivity index (χ3v) is 5.81. The molecule has 0 saturated heterocycles. The van der Waals surface area contributed by atoms with Crippen LogP contribution in [0.4, 0.5) is 0 Å². The Balaban J connectivity index is 2.58. The second kappa shape index (κ2) is 4.82. The van der Waals surface area contributed by atoms with Gasteiger partial charge < -0.3 is 4.52 Å². The molecule has 0 aromatic heterocycles. The second-order valence-electron chi connectivity index (χ2n) is 4.55. The van der Waals surface area contributed by atoms with Gasteiger partial charge in [0.1, 0.15) is 5.60 Å². The largest absolute Gasteiger partial charge is 0.364 e. The van der Waals surface area contributed by atoms with E-state index >= 15 is 0 Å². The topological polar surface area (TPSA) is 35.5 Å². The average Bonchev–Trinajstić information content (AvgIpc) is 2.47. The maximum absolute atomic E-state index is 12.8. The highest BCUT2D eigenvalue weighted by Crippen LogP contribution is 2.70. The molecule has 0 fully saturated rings. The quantitative estimate of drug-likeness (QED) is 0.760. The van der Waals surface area contributed by atoms with Crippen molar-refractivity contribution in [3.8, 4) is 0 Å². The molecule has 1 heterocycles. The van der Waals surface area contributed by atoms with Crippen molar-refractivity contribution in [2.75, 3.05) is 6.61 Å². The molecule has 1 aliphatic heterocycles. The van der Waals surface area contributed by atoms with Crippen LogP contribution in [-0.4, -0.2) is 12.2 Å². The standard InChI is InChI=1S/C13H16ClO3P/c1-4-16-18(15)11(10-8-6-5-7-9-10)12(14)13(2,3)17-18/h5-9H,4H2,1-3H3. The number of hydrogen-bond donors (Lipinski definition) is 0. The molecule has 0 saturated carbocycles. The van der Waals surface area contributed by atoms with Crippen molar-refractivity contribution in [2.45, 2.75) is 26.4 Å². The summed E-state index contributed by atoms with van der Waals surface area (Å²) in [5, 5.41) is 0.933. The Kier molecular flexibility index (Phi) is 3.70. The van der Waals surface area contributed by atoms with Crippen molar-refractivity contribution in [3.05, 3.63) is 40.9 Å². The molecular formula is C13H16ClO3P. The van der Waals surface area contributed by atoms with Crippen molar-refractivity contribution in [2.24, 2.45) is 0 Å². The average molecular weight is 287 g/mol. The van der Waals surface area contributed by atoms with Crippen molar-refractivity contribution in [1.29, 1.82) is 0 Å². The van der Waals surface area contributed by atoms with Crippen LogP contribution in [0.25, 0.3) is 5.31 Å². The van der Waals surface area contributed by atoms with Gasteiger partial charge in [0.05, 0.1) is 17.0 Å². The summed E-state index contributed by atoms with van der Waals surface area (Å²) in [5.74, 6) is 0. The molecule has 1 unspecified atom stereocenters. The molecule has 0 spiro atoms. The van der Waals surface area contributed by atoms with Gasteiger partial charge in [-0.2, -0.15) is 0 Å². The van der Waals surface area contributed by atoms with Gasteiger partial charge >= 0.3 is 7.60 Å². The van der Waals surface area contributed by atoms with E-state index in [-0.39, 0.29) is 0 Å². The lowest BCUT2D eigenvalue weighted by Crippen LogP contribution is -2.18. The summed E-state index contributed by atoms with van der Waals surface area (Å²) in [6.45, 7) is 5.67. The first kappa shape index (κ1) is 13.8. The molecule has 1 atom stereocenters. The van der Waals surface area contributed by atoms with Crippen LogP contribution in [0.5, 0.6) is 0 Å². The lowest BCUT2D eigenvalue weighted by Gasteiger charge is -2.20. The summed E-state index contributed by atoms with van der Waals surface area (Å²) in [6, 6.07) is 9.34. The minimum absolute atomic E-state index is 0.313. The molecular weight excluding hydrogens is 271 g/mol. The van der Waals surface area contributed by atoms with E-state index < -0.39 is 13.2 Å². The maximum Gasteiger partial charge on any atom is 0.364 e. The van der Waals surface area contributed by atoms with Crippen molar-refractivity contribution in [3.63, 3.8) is 0 Å². The predicted octanol–water partition coefficient (Wildman–Crippen LogP) is 4.63. The third kappa shape index (κ3) is 2.28. The highest BCUT2D eigenvalue weighted by Gasteiger charge is 2.49. The minimum Gasteiger partial charge on any atom is -0.305 e. The molecule has 0 bridgehead atoms. The Labute approximate surface area is 112 Å². The van der Waals surface area contributed by atoms with Gasteiger partial charge in [-0.25, -0.2) is 0 Å². The summed E-state index contributed by atoms with van der Waals surface area (Å²) >= 11 is 6.33. The van der Waals surface area contributed by atoms with Gasteiger partial charge in [0, 0.05) is 0 Å². The van der Waals surface area contributed by atoms with Gasteiger partial charge in [-0.1, -0.05) is 41.9 Å².